The minimum absolute atomic E-state index is 0.109. The van der Waals surface area contributed by atoms with Crippen LogP contribution in [0.2, 0.25) is 0 Å². The standard InChI is InChI=1S/C13H13FN2O2S/c1-7-8(2)19-13(15-7)16-12(17)9-4-5-11(18-3)10(14)6-9/h4-6H,1-3H3,(H,15,16,17). The van der Waals surface area contributed by atoms with Gasteiger partial charge in [-0.2, -0.15) is 0 Å². The van der Waals surface area contributed by atoms with Crippen molar-refractivity contribution in [2.75, 3.05) is 12.4 Å². The minimum atomic E-state index is -0.568. The van der Waals surface area contributed by atoms with Crippen molar-refractivity contribution in [2.45, 2.75) is 13.8 Å². The molecular weight excluding hydrogens is 267 g/mol. The number of thiazole rings is 1. The van der Waals surface area contributed by atoms with E-state index >= 15 is 0 Å². The summed E-state index contributed by atoms with van der Waals surface area (Å²) in [6, 6.07) is 4.06. The average Bonchev–Trinajstić information content (AvgIpc) is 2.68. The lowest BCUT2D eigenvalue weighted by Gasteiger charge is -2.04. The molecule has 0 aliphatic carbocycles. The molecule has 0 aliphatic rings. The Bertz CT molecular complexity index is 606. The molecular formula is C13H13FN2O2S. The molecule has 0 saturated heterocycles. The van der Waals surface area contributed by atoms with Gasteiger partial charge in [0.25, 0.3) is 5.91 Å². The van der Waals surface area contributed by atoms with Crippen LogP contribution in [0.15, 0.2) is 18.2 Å². The third kappa shape index (κ3) is 2.90. The molecule has 0 radical (unpaired) electrons. The second-order valence-electron chi connectivity index (χ2n) is 3.96. The molecule has 19 heavy (non-hydrogen) atoms. The number of hydrogen-bond acceptors (Lipinski definition) is 4. The van der Waals surface area contributed by atoms with E-state index in [9.17, 15) is 9.18 Å². The molecule has 2 aromatic rings. The van der Waals surface area contributed by atoms with Crippen LogP contribution in [0.3, 0.4) is 0 Å². The van der Waals surface area contributed by atoms with Crippen LogP contribution < -0.4 is 10.1 Å². The van der Waals surface area contributed by atoms with Gasteiger partial charge in [0, 0.05) is 10.4 Å². The largest absolute Gasteiger partial charge is 0.494 e. The lowest BCUT2D eigenvalue weighted by molar-refractivity contribution is 0.102. The van der Waals surface area contributed by atoms with E-state index in [-0.39, 0.29) is 11.3 Å². The summed E-state index contributed by atoms with van der Waals surface area (Å²) in [7, 11) is 1.37. The number of carbonyl (C=O) groups is 1. The first-order chi connectivity index (χ1) is 9.01. The summed E-state index contributed by atoms with van der Waals surface area (Å²) in [6.45, 7) is 3.80. The maximum Gasteiger partial charge on any atom is 0.257 e. The number of methoxy groups -OCH3 is 1. The lowest BCUT2D eigenvalue weighted by atomic mass is 10.2. The lowest BCUT2D eigenvalue weighted by Crippen LogP contribution is -2.12. The fraction of sp³-hybridized carbons (Fsp3) is 0.231. The fourth-order valence-electron chi connectivity index (χ4n) is 1.50. The number of aryl methyl sites for hydroxylation is 2. The molecule has 6 heteroatoms. The van der Waals surface area contributed by atoms with E-state index in [1.54, 1.807) is 0 Å². The summed E-state index contributed by atoms with van der Waals surface area (Å²) >= 11 is 1.39. The van der Waals surface area contributed by atoms with E-state index < -0.39 is 11.7 Å². The van der Waals surface area contributed by atoms with Gasteiger partial charge in [-0.05, 0) is 32.0 Å². The van der Waals surface area contributed by atoms with Crippen molar-refractivity contribution >= 4 is 22.4 Å². The molecule has 0 atom stereocenters. The first-order valence-corrected chi connectivity index (χ1v) is 6.42. The van der Waals surface area contributed by atoms with Crippen molar-refractivity contribution in [1.82, 2.24) is 4.98 Å². The number of aromatic nitrogens is 1. The van der Waals surface area contributed by atoms with Gasteiger partial charge in [-0.25, -0.2) is 9.37 Å². The average molecular weight is 280 g/mol. The highest BCUT2D eigenvalue weighted by atomic mass is 32.1. The Hall–Kier alpha value is -1.95. The summed E-state index contributed by atoms with van der Waals surface area (Å²) in [5.74, 6) is -0.852. The summed E-state index contributed by atoms with van der Waals surface area (Å²) in [6.07, 6.45) is 0. The van der Waals surface area contributed by atoms with Crippen molar-refractivity contribution in [3.8, 4) is 5.75 Å². The number of carbonyl (C=O) groups excluding carboxylic acids is 1. The topological polar surface area (TPSA) is 51.2 Å². The molecule has 0 fully saturated rings. The molecule has 0 unspecified atom stereocenters. The molecule has 1 aromatic heterocycles. The molecule has 1 amide bonds. The molecule has 4 nitrogen and oxygen atoms in total. The number of amides is 1. The summed E-state index contributed by atoms with van der Waals surface area (Å²) in [4.78, 5) is 17.2. The Morgan fingerprint density at radius 2 is 2.16 bits per heavy atom. The number of halogens is 1. The van der Waals surface area contributed by atoms with Crippen molar-refractivity contribution < 1.29 is 13.9 Å². The van der Waals surface area contributed by atoms with Gasteiger partial charge < -0.3 is 4.74 Å². The number of nitrogens with zero attached hydrogens (tertiary/aromatic N) is 1. The highest BCUT2D eigenvalue weighted by Crippen LogP contribution is 2.23. The number of benzene rings is 1. The van der Waals surface area contributed by atoms with Crippen LogP contribution in [-0.4, -0.2) is 18.0 Å². The van der Waals surface area contributed by atoms with Crippen LogP contribution in [0.4, 0.5) is 9.52 Å². The van der Waals surface area contributed by atoms with Crippen LogP contribution in [0.5, 0.6) is 5.75 Å². The first-order valence-electron chi connectivity index (χ1n) is 5.60. The summed E-state index contributed by atoms with van der Waals surface area (Å²) in [5.41, 5.74) is 1.10. The number of ether oxygens (including phenoxy) is 1. The second-order valence-corrected chi connectivity index (χ2v) is 5.17. The number of anilines is 1. The smallest absolute Gasteiger partial charge is 0.257 e. The zero-order chi connectivity index (χ0) is 14.0. The maximum atomic E-state index is 13.5. The zero-order valence-electron chi connectivity index (χ0n) is 10.8. The summed E-state index contributed by atoms with van der Waals surface area (Å²) in [5, 5.41) is 3.16. The van der Waals surface area contributed by atoms with Crippen LogP contribution in [0.25, 0.3) is 0 Å². The van der Waals surface area contributed by atoms with Gasteiger partial charge in [0.1, 0.15) is 0 Å². The van der Waals surface area contributed by atoms with Crippen LogP contribution in [-0.2, 0) is 0 Å². The van der Waals surface area contributed by atoms with Gasteiger partial charge in [-0.1, -0.05) is 0 Å². The maximum absolute atomic E-state index is 13.5. The van der Waals surface area contributed by atoms with E-state index in [1.807, 2.05) is 13.8 Å². The Labute approximate surface area is 114 Å². The van der Waals surface area contributed by atoms with Gasteiger partial charge in [0.2, 0.25) is 0 Å². The van der Waals surface area contributed by atoms with Gasteiger partial charge in [-0.15, -0.1) is 11.3 Å². The van der Waals surface area contributed by atoms with E-state index in [2.05, 4.69) is 10.3 Å². The van der Waals surface area contributed by atoms with Crippen LogP contribution >= 0.6 is 11.3 Å². The molecule has 0 aliphatic heterocycles. The number of rotatable bonds is 3. The number of hydrogen-bond donors (Lipinski definition) is 1. The molecule has 1 heterocycles. The quantitative estimate of drug-likeness (QED) is 0.939. The summed E-state index contributed by atoms with van der Waals surface area (Å²) < 4.78 is 18.3. The SMILES string of the molecule is COc1ccc(C(=O)Nc2nc(C)c(C)s2)cc1F. The predicted molar refractivity (Wildman–Crippen MR) is 72.5 cm³/mol. The number of nitrogens with one attached hydrogen (secondary N) is 1. The van der Waals surface area contributed by atoms with Crippen molar-refractivity contribution in [3.63, 3.8) is 0 Å². The van der Waals surface area contributed by atoms with Crippen LogP contribution in [0, 0.1) is 19.7 Å². The van der Waals surface area contributed by atoms with E-state index in [0.717, 1.165) is 16.6 Å². The predicted octanol–water partition coefficient (Wildman–Crippen LogP) is 3.16. The molecule has 1 N–H and O–H groups in total. The molecule has 0 spiro atoms. The highest BCUT2D eigenvalue weighted by molar-refractivity contribution is 7.15. The molecule has 100 valence electrons. The van der Waals surface area contributed by atoms with Crippen molar-refractivity contribution in [1.29, 1.82) is 0 Å². The van der Waals surface area contributed by atoms with E-state index in [4.69, 9.17) is 4.74 Å². The van der Waals surface area contributed by atoms with Gasteiger partial charge >= 0.3 is 0 Å². The zero-order valence-corrected chi connectivity index (χ0v) is 11.6. The first kappa shape index (κ1) is 13.5. The molecule has 0 saturated carbocycles. The molecule has 1 aromatic carbocycles. The Kier molecular flexibility index (Phi) is 3.80. The fourth-order valence-corrected chi connectivity index (χ4v) is 2.31. The van der Waals surface area contributed by atoms with Crippen LogP contribution in [0.1, 0.15) is 20.9 Å². The Morgan fingerprint density at radius 3 is 2.68 bits per heavy atom. The van der Waals surface area contributed by atoms with E-state index in [0.29, 0.717) is 5.13 Å². The Balaban J connectivity index is 2.18. The molecule has 0 bridgehead atoms. The normalized spacial score (nSPS) is 10.3. The third-order valence-corrected chi connectivity index (χ3v) is 3.65. The van der Waals surface area contributed by atoms with E-state index in [1.165, 1.54) is 30.6 Å². The third-order valence-electron chi connectivity index (χ3n) is 2.66. The van der Waals surface area contributed by atoms with Gasteiger partial charge in [-0.3, -0.25) is 10.1 Å². The van der Waals surface area contributed by atoms with Crippen molar-refractivity contribution in [3.05, 3.63) is 40.2 Å². The second kappa shape index (κ2) is 5.36. The monoisotopic (exact) mass is 280 g/mol. The van der Waals surface area contributed by atoms with Gasteiger partial charge in [0.15, 0.2) is 16.7 Å². The van der Waals surface area contributed by atoms with Crippen molar-refractivity contribution in [2.24, 2.45) is 0 Å². The van der Waals surface area contributed by atoms with Gasteiger partial charge in [0.05, 0.1) is 12.8 Å². The molecule has 2 rings (SSSR count). The highest BCUT2D eigenvalue weighted by Gasteiger charge is 2.12. The Morgan fingerprint density at radius 1 is 1.42 bits per heavy atom. The minimum Gasteiger partial charge on any atom is -0.494 e.